The van der Waals surface area contributed by atoms with Gasteiger partial charge in [0.15, 0.2) is 5.78 Å². The highest BCUT2D eigenvalue weighted by molar-refractivity contribution is 5.96. The van der Waals surface area contributed by atoms with Crippen LogP contribution < -0.4 is 0 Å². The van der Waals surface area contributed by atoms with Gasteiger partial charge >= 0.3 is 0 Å². The quantitative estimate of drug-likeness (QED) is 0.804. The Morgan fingerprint density at radius 1 is 1.11 bits per heavy atom. The van der Waals surface area contributed by atoms with Crippen molar-refractivity contribution < 1.29 is 9.90 Å². The minimum atomic E-state index is 0.0892. The summed E-state index contributed by atoms with van der Waals surface area (Å²) in [6, 6.07) is 8.12. The molecule has 0 aromatic heterocycles. The van der Waals surface area contributed by atoms with Crippen molar-refractivity contribution in [1.82, 2.24) is 0 Å². The summed E-state index contributed by atoms with van der Waals surface area (Å²) in [6.07, 6.45) is 7.62. The van der Waals surface area contributed by atoms with Gasteiger partial charge in [-0.1, -0.05) is 43.5 Å². The number of aliphatic hydroxyl groups excluding tert-OH is 1. The Labute approximate surface area is 109 Å². The molecule has 2 nitrogen and oxygen atoms in total. The molecule has 0 atom stereocenters. The molecular weight excluding hydrogens is 224 g/mol. The lowest BCUT2D eigenvalue weighted by molar-refractivity contribution is 0.0971. The van der Waals surface area contributed by atoms with Crippen LogP contribution in [0, 0.1) is 0 Å². The molecule has 1 aromatic carbocycles. The summed E-state index contributed by atoms with van der Waals surface area (Å²) in [4.78, 5) is 11.8. The first-order valence-corrected chi connectivity index (χ1v) is 7.05. The first-order valence-electron chi connectivity index (χ1n) is 7.05. The molecule has 0 saturated heterocycles. The van der Waals surface area contributed by atoms with Crippen molar-refractivity contribution in [1.29, 1.82) is 0 Å². The van der Waals surface area contributed by atoms with E-state index >= 15 is 0 Å². The summed E-state index contributed by atoms with van der Waals surface area (Å²) < 4.78 is 0. The zero-order valence-corrected chi connectivity index (χ0v) is 10.9. The molecule has 98 valence electrons. The van der Waals surface area contributed by atoms with E-state index in [4.69, 9.17) is 5.11 Å². The highest BCUT2D eigenvalue weighted by Gasteiger charge is 2.15. The number of carbonyl (C=O) groups is 1. The second-order valence-electron chi connectivity index (χ2n) is 5.21. The molecular formula is C16H22O2. The van der Waals surface area contributed by atoms with Crippen LogP contribution in [0.4, 0.5) is 0 Å². The number of hydrogen-bond donors (Lipinski definition) is 1. The smallest absolute Gasteiger partial charge is 0.162 e. The molecule has 18 heavy (non-hydrogen) atoms. The van der Waals surface area contributed by atoms with Crippen molar-refractivity contribution in [3.63, 3.8) is 0 Å². The Balaban J connectivity index is 1.98. The maximum atomic E-state index is 11.8. The zero-order valence-electron chi connectivity index (χ0n) is 10.9. The third kappa shape index (κ3) is 3.42. The molecule has 0 bridgehead atoms. The lowest BCUT2D eigenvalue weighted by Gasteiger charge is -2.22. The Kier molecular flexibility index (Phi) is 4.94. The van der Waals surface area contributed by atoms with Gasteiger partial charge in [0.25, 0.3) is 0 Å². The van der Waals surface area contributed by atoms with Gasteiger partial charge in [-0.2, -0.15) is 0 Å². The van der Waals surface area contributed by atoms with Crippen molar-refractivity contribution in [2.75, 3.05) is 6.61 Å². The average molecular weight is 246 g/mol. The van der Waals surface area contributed by atoms with Gasteiger partial charge in [0.2, 0.25) is 0 Å². The molecule has 0 radical (unpaired) electrons. The molecule has 1 N–H and O–H groups in total. The van der Waals surface area contributed by atoms with E-state index in [9.17, 15) is 4.79 Å². The second kappa shape index (κ2) is 6.69. The summed E-state index contributed by atoms with van der Waals surface area (Å²) in [6.45, 7) is 0.0892. The zero-order chi connectivity index (χ0) is 12.8. The van der Waals surface area contributed by atoms with Crippen LogP contribution in [0.1, 0.15) is 66.8 Å². The van der Waals surface area contributed by atoms with E-state index in [1.807, 2.05) is 12.1 Å². The van der Waals surface area contributed by atoms with Crippen molar-refractivity contribution in [2.45, 2.75) is 50.9 Å². The Bertz CT molecular complexity index is 375. The maximum absolute atomic E-state index is 11.8. The molecule has 0 amide bonds. The van der Waals surface area contributed by atoms with Crippen LogP contribution in [-0.4, -0.2) is 17.5 Å². The first-order chi connectivity index (χ1) is 8.81. The van der Waals surface area contributed by atoms with Gasteiger partial charge in [-0.25, -0.2) is 0 Å². The van der Waals surface area contributed by atoms with Crippen molar-refractivity contribution in [2.24, 2.45) is 0 Å². The van der Waals surface area contributed by atoms with Gasteiger partial charge < -0.3 is 5.11 Å². The molecule has 1 aromatic rings. The van der Waals surface area contributed by atoms with Crippen molar-refractivity contribution >= 4 is 5.78 Å². The highest BCUT2D eigenvalue weighted by atomic mass is 16.3. The highest BCUT2D eigenvalue weighted by Crippen LogP contribution is 2.32. The number of hydrogen-bond acceptors (Lipinski definition) is 2. The standard InChI is InChI=1S/C16H22O2/c17-12-4-7-16(18)15-10-8-14(9-11-15)13-5-2-1-3-6-13/h8-11,13,17H,1-7,12H2. The summed E-state index contributed by atoms with van der Waals surface area (Å²) in [5, 5.41) is 8.72. The molecule has 0 aliphatic heterocycles. The normalized spacial score (nSPS) is 16.7. The van der Waals surface area contributed by atoms with Crippen LogP contribution in [0.25, 0.3) is 0 Å². The molecule has 2 rings (SSSR count). The topological polar surface area (TPSA) is 37.3 Å². The molecule has 1 saturated carbocycles. The van der Waals surface area contributed by atoms with Gasteiger partial charge in [0.05, 0.1) is 0 Å². The predicted molar refractivity (Wildman–Crippen MR) is 72.9 cm³/mol. The number of ketones is 1. The van der Waals surface area contributed by atoms with Crippen LogP contribution in [-0.2, 0) is 0 Å². The van der Waals surface area contributed by atoms with Crippen LogP contribution in [0.2, 0.25) is 0 Å². The minimum Gasteiger partial charge on any atom is -0.396 e. The Morgan fingerprint density at radius 2 is 1.78 bits per heavy atom. The molecule has 1 aliphatic carbocycles. The van der Waals surface area contributed by atoms with Crippen molar-refractivity contribution in [3.8, 4) is 0 Å². The van der Waals surface area contributed by atoms with E-state index in [1.165, 1.54) is 37.7 Å². The molecule has 1 fully saturated rings. The predicted octanol–water partition coefficient (Wildman–Crippen LogP) is 3.69. The van der Waals surface area contributed by atoms with Crippen LogP contribution in [0.5, 0.6) is 0 Å². The maximum Gasteiger partial charge on any atom is 0.162 e. The van der Waals surface area contributed by atoms with E-state index < -0.39 is 0 Å². The summed E-state index contributed by atoms with van der Waals surface area (Å²) in [7, 11) is 0. The van der Waals surface area contributed by atoms with E-state index in [2.05, 4.69) is 12.1 Å². The third-order valence-electron chi connectivity index (χ3n) is 3.87. The lowest BCUT2D eigenvalue weighted by Crippen LogP contribution is -2.05. The Hall–Kier alpha value is -1.15. The third-order valence-corrected chi connectivity index (χ3v) is 3.87. The fourth-order valence-corrected chi connectivity index (χ4v) is 2.76. The number of rotatable bonds is 5. The number of carbonyl (C=O) groups excluding carboxylic acids is 1. The molecule has 0 heterocycles. The monoisotopic (exact) mass is 246 g/mol. The summed E-state index contributed by atoms with van der Waals surface area (Å²) in [5.74, 6) is 0.833. The van der Waals surface area contributed by atoms with Crippen molar-refractivity contribution in [3.05, 3.63) is 35.4 Å². The second-order valence-corrected chi connectivity index (χ2v) is 5.21. The van der Waals surface area contributed by atoms with Gasteiger partial charge in [-0.15, -0.1) is 0 Å². The molecule has 0 spiro atoms. The molecule has 2 heteroatoms. The number of aliphatic hydroxyl groups is 1. The van der Waals surface area contributed by atoms with Gasteiger partial charge in [0, 0.05) is 18.6 Å². The van der Waals surface area contributed by atoms with Gasteiger partial charge in [-0.05, 0) is 30.7 Å². The van der Waals surface area contributed by atoms with E-state index in [-0.39, 0.29) is 12.4 Å². The number of Topliss-reactive ketones (excluding diaryl/α,β-unsaturated/α-hetero) is 1. The molecule has 1 aliphatic rings. The Morgan fingerprint density at radius 3 is 2.39 bits per heavy atom. The largest absolute Gasteiger partial charge is 0.396 e. The van der Waals surface area contributed by atoms with Crippen LogP contribution in [0.15, 0.2) is 24.3 Å². The van der Waals surface area contributed by atoms with Gasteiger partial charge in [0.1, 0.15) is 0 Å². The fourth-order valence-electron chi connectivity index (χ4n) is 2.76. The molecule has 0 unspecified atom stereocenters. The van der Waals surface area contributed by atoms with E-state index in [0.717, 1.165) is 5.56 Å². The van der Waals surface area contributed by atoms with Gasteiger partial charge in [-0.3, -0.25) is 4.79 Å². The average Bonchev–Trinajstić information content (AvgIpc) is 2.46. The van der Waals surface area contributed by atoms with Crippen LogP contribution >= 0.6 is 0 Å². The fraction of sp³-hybridized carbons (Fsp3) is 0.562. The van der Waals surface area contributed by atoms with E-state index in [1.54, 1.807) is 0 Å². The lowest BCUT2D eigenvalue weighted by atomic mass is 9.84. The summed E-state index contributed by atoms with van der Waals surface area (Å²) in [5.41, 5.74) is 2.16. The van der Waals surface area contributed by atoms with Crippen LogP contribution in [0.3, 0.4) is 0 Å². The minimum absolute atomic E-state index is 0.0892. The SMILES string of the molecule is O=C(CCCO)c1ccc(C2CCCCC2)cc1. The summed E-state index contributed by atoms with van der Waals surface area (Å²) >= 11 is 0. The van der Waals surface area contributed by atoms with E-state index in [0.29, 0.717) is 18.8 Å². The number of benzene rings is 1. The first kappa shape index (κ1) is 13.3.